The number of rotatable bonds is 10. The summed E-state index contributed by atoms with van der Waals surface area (Å²) in [4.78, 5) is 13.3. The molecule has 6 nitrogen and oxygen atoms in total. The number of anilines is 1. The quantitative estimate of drug-likeness (QED) is 0.624. The van der Waals surface area contributed by atoms with E-state index in [2.05, 4.69) is 10.0 Å². The van der Waals surface area contributed by atoms with Crippen molar-refractivity contribution in [2.45, 2.75) is 23.6 Å². The molecule has 0 fully saturated rings. The maximum absolute atomic E-state index is 12.2. The molecule has 1 aromatic heterocycles. The Balaban J connectivity index is 1.85. The van der Waals surface area contributed by atoms with E-state index in [0.717, 1.165) is 5.75 Å². The lowest BCUT2D eigenvalue weighted by Gasteiger charge is -2.13. The van der Waals surface area contributed by atoms with Crippen LogP contribution in [0.25, 0.3) is 0 Å². The molecule has 1 unspecified atom stereocenters. The molecule has 0 aliphatic heterocycles. The van der Waals surface area contributed by atoms with Crippen LogP contribution in [-0.2, 0) is 25.3 Å². The van der Waals surface area contributed by atoms with E-state index in [0.29, 0.717) is 11.4 Å². The van der Waals surface area contributed by atoms with E-state index in [4.69, 9.17) is 4.74 Å². The fraction of sp³-hybridized carbons (Fsp3) is 0.353. The van der Waals surface area contributed by atoms with Crippen LogP contribution in [0.15, 0.2) is 46.7 Å². The Labute approximate surface area is 162 Å². The van der Waals surface area contributed by atoms with Crippen molar-refractivity contribution in [2.75, 3.05) is 24.8 Å². The third kappa shape index (κ3) is 6.73. The summed E-state index contributed by atoms with van der Waals surface area (Å²) in [5, 5.41) is 4.78. The zero-order chi connectivity index (χ0) is 19.0. The smallest absolute Gasteiger partial charge is 0.240 e. The van der Waals surface area contributed by atoms with Gasteiger partial charge in [0.25, 0.3) is 0 Å². The molecule has 1 heterocycles. The highest BCUT2D eigenvalue weighted by Crippen LogP contribution is 2.18. The molecule has 0 radical (unpaired) electrons. The minimum atomic E-state index is -3.61. The Kier molecular flexibility index (Phi) is 8.11. The van der Waals surface area contributed by atoms with Gasteiger partial charge in [-0.3, -0.25) is 4.79 Å². The number of hydrogen-bond donors (Lipinski definition) is 2. The van der Waals surface area contributed by atoms with E-state index >= 15 is 0 Å². The van der Waals surface area contributed by atoms with Crippen LogP contribution in [0.5, 0.6) is 0 Å². The van der Waals surface area contributed by atoms with E-state index in [9.17, 15) is 13.2 Å². The molecular weight excluding hydrogens is 392 g/mol. The van der Waals surface area contributed by atoms with Crippen LogP contribution in [0, 0.1) is 0 Å². The molecule has 0 aliphatic rings. The normalized spacial score (nSPS) is 12.7. The van der Waals surface area contributed by atoms with Crippen molar-refractivity contribution in [3.8, 4) is 0 Å². The Morgan fingerprint density at radius 1 is 1.27 bits per heavy atom. The summed E-state index contributed by atoms with van der Waals surface area (Å²) in [6.45, 7) is 2.01. The van der Waals surface area contributed by atoms with Gasteiger partial charge in [0.15, 0.2) is 0 Å². The van der Waals surface area contributed by atoms with Crippen molar-refractivity contribution in [1.82, 2.24) is 4.72 Å². The first-order chi connectivity index (χ1) is 12.4. The van der Waals surface area contributed by atoms with E-state index in [1.807, 2.05) is 17.5 Å². The fourth-order valence-electron chi connectivity index (χ4n) is 2.17. The Hall–Kier alpha value is -1.39. The minimum absolute atomic E-state index is 0.117. The maximum atomic E-state index is 12.2. The summed E-state index contributed by atoms with van der Waals surface area (Å²) in [5.41, 5.74) is 0.565. The number of ether oxygens (including phenoxy) is 1. The van der Waals surface area contributed by atoms with Crippen molar-refractivity contribution < 1.29 is 17.9 Å². The third-order valence-corrected chi connectivity index (χ3v) is 6.92. The molecule has 1 aromatic carbocycles. The monoisotopic (exact) mass is 414 g/mol. The lowest BCUT2D eigenvalue weighted by molar-refractivity contribution is -0.113. The number of amides is 1. The van der Waals surface area contributed by atoms with Gasteiger partial charge in [0, 0.05) is 29.5 Å². The van der Waals surface area contributed by atoms with E-state index in [1.165, 1.54) is 35.9 Å². The molecule has 0 saturated carbocycles. The maximum Gasteiger partial charge on any atom is 0.240 e. The second-order valence-corrected chi connectivity index (χ2v) is 9.35. The fourth-order valence-corrected chi connectivity index (χ4v) is 5.07. The first-order valence-corrected chi connectivity index (χ1v) is 11.4. The summed E-state index contributed by atoms with van der Waals surface area (Å²) in [6, 6.07) is 9.79. The lowest BCUT2D eigenvalue weighted by Crippen LogP contribution is -2.35. The molecule has 0 aliphatic carbocycles. The second-order valence-electron chi connectivity index (χ2n) is 5.62. The van der Waals surface area contributed by atoms with Crippen molar-refractivity contribution >= 4 is 44.7 Å². The van der Waals surface area contributed by atoms with Gasteiger partial charge in [-0.05, 0) is 42.6 Å². The molecule has 0 saturated heterocycles. The molecule has 0 bridgehead atoms. The van der Waals surface area contributed by atoms with Crippen LogP contribution in [-0.4, -0.2) is 39.8 Å². The number of benzene rings is 1. The second kappa shape index (κ2) is 10.1. The van der Waals surface area contributed by atoms with E-state index < -0.39 is 10.0 Å². The van der Waals surface area contributed by atoms with Crippen LogP contribution in [0.1, 0.15) is 11.8 Å². The highest BCUT2D eigenvalue weighted by Gasteiger charge is 2.17. The predicted molar refractivity (Wildman–Crippen MR) is 107 cm³/mol. The lowest BCUT2D eigenvalue weighted by atomic mass is 10.3. The van der Waals surface area contributed by atoms with E-state index in [1.54, 1.807) is 30.4 Å². The molecule has 142 valence electrons. The summed E-state index contributed by atoms with van der Waals surface area (Å²) in [5.74, 6) is 1.02. The first-order valence-electron chi connectivity index (χ1n) is 7.92. The number of thioether (sulfide) groups is 1. The van der Waals surface area contributed by atoms with Gasteiger partial charge < -0.3 is 10.1 Å². The van der Waals surface area contributed by atoms with Crippen molar-refractivity contribution in [1.29, 1.82) is 0 Å². The molecular formula is C17H22N2O4S3. The number of methoxy groups -OCH3 is 1. The molecule has 9 heteroatoms. The highest BCUT2D eigenvalue weighted by molar-refractivity contribution is 7.99. The number of hydrogen-bond acceptors (Lipinski definition) is 6. The molecule has 2 N–H and O–H groups in total. The highest BCUT2D eigenvalue weighted by atomic mass is 32.2. The van der Waals surface area contributed by atoms with Crippen molar-refractivity contribution in [3.63, 3.8) is 0 Å². The Morgan fingerprint density at radius 3 is 2.62 bits per heavy atom. The van der Waals surface area contributed by atoms with Crippen LogP contribution in [0.3, 0.4) is 0 Å². The van der Waals surface area contributed by atoms with Crippen LogP contribution in [0.2, 0.25) is 0 Å². The Morgan fingerprint density at radius 2 is 2.00 bits per heavy atom. The zero-order valence-electron chi connectivity index (χ0n) is 14.6. The number of carbonyl (C=O) groups is 1. The minimum Gasteiger partial charge on any atom is -0.383 e. The topological polar surface area (TPSA) is 84.5 Å². The average molecular weight is 415 g/mol. The molecule has 1 amide bonds. The van der Waals surface area contributed by atoms with E-state index in [-0.39, 0.29) is 23.5 Å². The number of sulfonamides is 1. The van der Waals surface area contributed by atoms with Crippen molar-refractivity contribution in [3.05, 3.63) is 46.7 Å². The average Bonchev–Trinajstić information content (AvgIpc) is 3.08. The van der Waals surface area contributed by atoms with Gasteiger partial charge in [0.05, 0.1) is 17.3 Å². The molecule has 2 aromatic rings. The van der Waals surface area contributed by atoms with Crippen molar-refractivity contribution in [2.24, 2.45) is 0 Å². The van der Waals surface area contributed by atoms with Gasteiger partial charge in [-0.2, -0.15) is 0 Å². The van der Waals surface area contributed by atoms with Gasteiger partial charge in [-0.1, -0.05) is 6.07 Å². The van der Waals surface area contributed by atoms with Gasteiger partial charge in [-0.15, -0.1) is 23.1 Å². The molecule has 2 rings (SSSR count). The van der Waals surface area contributed by atoms with Crippen LogP contribution in [0.4, 0.5) is 5.69 Å². The SMILES string of the molecule is COCC(C)NS(=O)(=O)c1ccc(NC(=O)CSCc2cccs2)cc1. The van der Waals surface area contributed by atoms with Crippen LogP contribution < -0.4 is 10.0 Å². The standard InChI is InChI=1S/C17H22N2O4S3/c1-13(10-23-2)19-26(21,22)16-7-5-14(6-8-16)18-17(20)12-24-11-15-4-3-9-25-15/h3-9,13,19H,10-12H2,1-2H3,(H,18,20). The summed E-state index contributed by atoms with van der Waals surface area (Å²) >= 11 is 3.20. The molecule has 0 spiro atoms. The number of carbonyl (C=O) groups excluding carboxylic acids is 1. The van der Waals surface area contributed by atoms with Gasteiger partial charge in [-0.25, -0.2) is 13.1 Å². The summed E-state index contributed by atoms with van der Waals surface area (Å²) < 4.78 is 32.0. The van der Waals surface area contributed by atoms with Gasteiger partial charge in [0.1, 0.15) is 0 Å². The Bertz CT molecular complexity index is 790. The number of thiophene rings is 1. The largest absolute Gasteiger partial charge is 0.383 e. The first kappa shape index (κ1) is 20.9. The summed E-state index contributed by atoms with van der Waals surface area (Å²) in [6.07, 6.45) is 0. The zero-order valence-corrected chi connectivity index (χ0v) is 17.0. The molecule has 26 heavy (non-hydrogen) atoms. The number of nitrogens with one attached hydrogen (secondary N) is 2. The predicted octanol–water partition coefficient (Wildman–Crippen LogP) is 2.93. The summed E-state index contributed by atoms with van der Waals surface area (Å²) in [7, 11) is -2.10. The molecule has 1 atom stereocenters. The third-order valence-electron chi connectivity index (χ3n) is 3.28. The van der Waals surface area contributed by atoms with Gasteiger partial charge >= 0.3 is 0 Å². The van der Waals surface area contributed by atoms with Gasteiger partial charge in [0.2, 0.25) is 15.9 Å². The van der Waals surface area contributed by atoms with Crippen LogP contribution >= 0.6 is 23.1 Å².